The first-order valence-electron chi connectivity index (χ1n) is 10.0. The monoisotopic (exact) mass is 417 g/mol. The summed E-state index contributed by atoms with van der Waals surface area (Å²) in [4.78, 5) is 20.4. The summed E-state index contributed by atoms with van der Waals surface area (Å²) in [7, 11) is 0. The minimum atomic E-state index is -0.386. The largest absolute Gasteiger partial charge is 0.357 e. The molecule has 1 atom stereocenters. The van der Waals surface area contributed by atoms with Gasteiger partial charge in [0.05, 0.1) is 6.04 Å². The number of anilines is 1. The van der Waals surface area contributed by atoms with Crippen LogP contribution in [0.25, 0.3) is 0 Å². The molecule has 1 saturated heterocycles. The number of likely N-dealkylation sites (tertiary alicyclic amines) is 1. The lowest BCUT2D eigenvalue weighted by Gasteiger charge is -2.27. The van der Waals surface area contributed by atoms with Crippen molar-refractivity contribution in [2.75, 3.05) is 38.0 Å². The second-order valence-electron chi connectivity index (χ2n) is 6.91. The minimum Gasteiger partial charge on any atom is -0.357 e. The van der Waals surface area contributed by atoms with Crippen LogP contribution < -0.4 is 16.0 Å². The van der Waals surface area contributed by atoms with E-state index >= 15 is 0 Å². The first-order chi connectivity index (χ1) is 14.2. The molecule has 0 saturated carbocycles. The van der Waals surface area contributed by atoms with E-state index in [0.717, 1.165) is 19.6 Å². The van der Waals surface area contributed by atoms with E-state index in [0.29, 0.717) is 24.2 Å². The molecule has 8 heteroatoms. The molecular formula is C21H28FN5OS. The summed E-state index contributed by atoms with van der Waals surface area (Å²) >= 11 is 1.77. The van der Waals surface area contributed by atoms with Crippen molar-refractivity contribution >= 4 is 28.9 Å². The van der Waals surface area contributed by atoms with Gasteiger partial charge in [0.2, 0.25) is 5.91 Å². The molecule has 29 heavy (non-hydrogen) atoms. The molecule has 1 fully saturated rings. The molecule has 1 aliphatic heterocycles. The Labute approximate surface area is 175 Å². The predicted octanol–water partition coefficient (Wildman–Crippen LogP) is 3.22. The van der Waals surface area contributed by atoms with Crippen molar-refractivity contribution in [1.29, 1.82) is 0 Å². The average molecular weight is 418 g/mol. The Morgan fingerprint density at radius 2 is 2.07 bits per heavy atom. The molecule has 1 unspecified atom stereocenters. The third-order valence-electron chi connectivity index (χ3n) is 4.75. The molecule has 6 nitrogen and oxygen atoms in total. The number of hydrogen-bond donors (Lipinski definition) is 3. The summed E-state index contributed by atoms with van der Waals surface area (Å²) in [5.74, 6) is -0.0763. The van der Waals surface area contributed by atoms with E-state index in [1.165, 1.54) is 29.9 Å². The fourth-order valence-electron chi connectivity index (χ4n) is 3.40. The van der Waals surface area contributed by atoms with Gasteiger partial charge < -0.3 is 16.0 Å². The van der Waals surface area contributed by atoms with Crippen LogP contribution in [0.5, 0.6) is 0 Å². The van der Waals surface area contributed by atoms with Gasteiger partial charge in [0, 0.05) is 23.7 Å². The molecule has 1 aromatic carbocycles. The van der Waals surface area contributed by atoms with Gasteiger partial charge in [-0.25, -0.2) is 9.38 Å². The third-order valence-corrected chi connectivity index (χ3v) is 5.72. The Bertz CT molecular complexity index is 805. The zero-order chi connectivity index (χ0) is 20.5. The lowest BCUT2D eigenvalue weighted by molar-refractivity contribution is -0.114. The Balaban J connectivity index is 1.58. The second-order valence-corrected chi connectivity index (χ2v) is 7.89. The van der Waals surface area contributed by atoms with Gasteiger partial charge in [0.25, 0.3) is 0 Å². The van der Waals surface area contributed by atoms with E-state index < -0.39 is 0 Å². The Hall–Kier alpha value is -2.45. The van der Waals surface area contributed by atoms with Gasteiger partial charge in [-0.1, -0.05) is 12.1 Å². The van der Waals surface area contributed by atoms with E-state index in [4.69, 9.17) is 0 Å². The number of aliphatic imine (C=N–C) groups is 1. The van der Waals surface area contributed by atoms with Crippen LogP contribution in [0.1, 0.15) is 30.7 Å². The van der Waals surface area contributed by atoms with E-state index in [9.17, 15) is 9.18 Å². The van der Waals surface area contributed by atoms with E-state index in [-0.39, 0.29) is 18.3 Å². The van der Waals surface area contributed by atoms with Crippen LogP contribution >= 0.6 is 11.3 Å². The summed E-state index contributed by atoms with van der Waals surface area (Å²) in [5.41, 5.74) is 0.426. The summed E-state index contributed by atoms with van der Waals surface area (Å²) in [6.07, 6.45) is 2.46. The highest BCUT2D eigenvalue weighted by Gasteiger charge is 2.24. The topological polar surface area (TPSA) is 68.8 Å². The van der Waals surface area contributed by atoms with E-state index in [1.54, 1.807) is 23.5 Å². The van der Waals surface area contributed by atoms with Crippen molar-refractivity contribution in [3.05, 3.63) is 52.5 Å². The maximum absolute atomic E-state index is 13.3. The molecule has 1 aliphatic rings. The van der Waals surface area contributed by atoms with Crippen LogP contribution in [0, 0.1) is 5.82 Å². The molecular weight excluding hydrogens is 389 g/mol. The number of carbonyl (C=O) groups excluding carboxylic acids is 1. The summed E-state index contributed by atoms with van der Waals surface area (Å²) in [6.45, 7) is 5.57. The van der Waals surface area contributed by atoms with Crippen molar-refractivity contribution < 1.29 is 9.18 Å². The molecule has 156 valence electrons. The highest BCUT2D eigenvalue weighted by Crippen LogP contribution is 2.27. The van der Waals surface area contributed by atoms with Crippen LogP contribution in [-0.4, -0.2) is 49.5 Å². The molecule has 0 aliphatic carbocycles. The normalized spacial score (nSPS) is 15.9. The molecule has 2 aromatic rings. The number of benzene rings is 1. The Morgan fingerprint density at radius 1 is 1.24 bits per heavy atom. The second kappa shape index (κ2) is 10.9. The molecule has 0 radical (unpaired) electrons. The highest BCUT2D eigenvalue weighted by atomic mass is 32.1. The van der Waals surface area contributed by atoms with Crippen molar-refractivity contribution in [3.8, 4) is 0 Å². The van der Waals surface area contributed by atoms with Crippen molar-refractivity contribution in [1.82, 2.24) is 15.5 Å². The summed E-state index contributed by atoms with van der Waals surface area (Å²) in [5, 5.41) is 11.3. The number of halogens is 1. The molecule has 1 aromatic heterocycles. The predicted molar refractivity (Wildman–Crippen MR) is 117 cm³/mol. The zero-order valence-electron chi connectivity index (χ0n) is 16.7. The van der Waals surface area contributed by atoms with Crippen LogP contribution in [0.2, 0.25) is 0 Å². The number of hydrogen-bond acceptors (Lipinski definition) is 4. The molecule has 0 spiro atoms. The maximum atomic E-state index is 13.3. The first kappa shape index (κ1) is 21.3. The van der Waals surface area contributed by atoms with E-state index in [2.05, 4.69) is 43.4 Å². The van der Waals surface area contributed by atoms with Gasteiger partial charge in [0.1, 0.15) is 12.4 Å². The first-order valence-corrected chi connectivity index (χ1v) is 10.9. The molecule has 0 bridgehead atoms. The Kier molecular flexibility index (Phi) is 8.01. The van der Waals surface area contributed by atoms with Gasteiger partial charge in [-0.05, 0) is 62.5 Å². The fraction of sp³-hybridized carbons (Fsp3) is 0.429. The van der Waals surface area contributed by atoms with Gasteiger partial charge in [0.15, 0.2) is 5.96 Å². The third kappa shape index (κ3) is 6.54. The molecule has 2 heterocycles. The van der Waals surface area contributed by atoms with Gasteiger partial charge >= 0.3 is 0 Å². The number of guanidine groups is 1. The van der Waals surface area contributed by atoms with Crippen molar-refractivity contribution in [2.45, 2.75) is 25.8 Å². The maximum Gasteiger partial charge on any atom is 0.246 e. The Morgan fingerprint density at radius 3 is 2.76 bits per heavy atom. The molecule has 3 rings (SSSR count). The highest BCUT2D eigenvalue weighted by molar-refractivity contribution is 7.10. The van der Waals surface area contributed by atoms with Crippen molar-refractivity contribution in [2.24, 2.45) is 4.99 Å². The van der Waals surface area contributed by atoms with Crippen LogP contribution in [0.3, 0.4) is 0 Å². The molecule has 1 amide bonds. The summed E-state index contributed by atoms with van der Waals surface area (Å²) < 4.78 is 13.3. The minimum absolute atomic E-state index is 0.0424. The number of carbonyl (C=O) groups is 1. The number of thiophene rings is 1. The smallest absolute Gasteiger partial charge is 0.246 e. The van der Waals surface area contributed by atoms with Crippen LogP contribution in [0.4, 0.5) is 10.1 Å². The van der Waals surface area contributed by atoms with Gasteiger partial charge in [-0.15, -0.1) is 11.3 Å². The molecule has 3 N–H and O–H groups in total. The lowest BCUT2D eigenvalue weighted by atomic mass is 10.2. The number of nitrogens with zero attached hydrogens (tertiary/aromatic N) is 2. The fourth-order valence-corrected chi connectivity index (χ4v) is 4.26. The van der Waals surface area contributed by atoms with Gasteiger partial charge in [-0.3, -0.25) is 9.69 Å². The standard InChI is InChI=1S/C21H28FN5OS/c1-2-23-21(25-15-20(28)26-17-8-5-7-16(22)13-17)24-14-18(19-9-6-12-29-19)27-10-3-4-11-27/h5-9,12-13,18H,2-4,10-11,14-15H2,1H3,(H,26,28)(H2,23,24,25). The summed E-state index contributed by atoms with van der Waals surface area (Å²) in [6, 6.07) is 10.4. The lowest BCUT2D eigenvalue weighted by Crippen LogP contribution is -2.43. The van der Waals surface area contributed by atoms with E-state index in [1.807, 2.05) is 6.92 Å². The number of amides is 1. The average Bonchev–Trinajstić information content (AvgIpc) is 3.41. The number of rotatable bonds is 8. The SMILES string of the molecule is CCNC(=NCC(=O)Nc1cccc(F)c1)NCC(c1cccs1)N1CCCC1. The van der Waals surface area contributed by atoms with Crippen molar-refractivity contribution in [3.63, 3.8) is 0 Å². The van der Waals surface area contributed by atoms with Crippen LogP contribution in [-0.2, 0) is 4.79 Å². The van der Waals surface area contributed by atoms with Gasteiger partial charge in [-0.2, -0.15) is 0 Å². The number of nitrogens with one attached hydrogen (secondary N) is 3. The van der Waals surface area contributed by atoms with Crippen LogP contribution in [0.15, 0.2) is 46.8 Å². The quantitative estimate of drug-likeness (QED) is 0.456. The zero-order valence-corrected chi connectivity index (χ0v) is 17.5.